The number of piperidine rings is 1. The van der Waals surface area contributed by atoms with E-state index in [-0.39, 0.29) is 18.6 Å². The van der Waals surface area contributed by atoms with Gasteiger partial charge in [0.2, 0.25) is 0 Å². The average molecular weight is 486 g/mol. The van der Waals surface area contributed by atoms with Gasteiger partial charge in [-0.3, -0.25) is 4.79 Å². The van der Waals surface area contributed by atoms with E-state index >= 15 is 0 Å². The first-order valence-corrected chi connectivity index (χ1v) is 12.1. The monoisotopic (exact) mass is 485 g/mol. The number of nitrogens with one attached hydrogen (secondary N) is 2. The van der Waals surface area contributed by atoms with Crippen LogP contribution in [0.15, 0.2) is 60.7 Å². The molecule has 0 spiro atoms. The van der Waals surface area contributed by atoms with E-state index in [1.807, 2.05) is 42.5 Å². The van der Waals surface area contributed by atoms with Gasteiger partial charge in [0.25, 0.3) is 5.91 Å². The summed E-state index contributed by atoms with van der Waals surface area (Å²) in [6.07, 6.45) is 1.71. The van der Waals surface area contributed by atoms with Crippen molar-refractivity contribution in [3.8, 4) is 23.1 Å². The van der Waals surface area contributed by atoms with Crippen LogP contribution in [0, 0.1) is 11.3 Å². The van der Waals surface area contributed by atoms with Gasteiger partial charge in [0, 0.05) is 48.7 Å². The zero-order chi connectivity index (χ0) is 25.5. The summed E-state index contributed by atoms with van der Waals surface area (Å²) in [5.41, 5.74) is 3.13. The van der Waals surface area contributed by atoms with Crippen molar-refractivity contribution in [1.82, 2.24) is 15.2 Å². The molecular formula is C28H31N5O3. The molecule has 0 atom stereocenters. The van der Waals surface area contributed by atoms with Crippen molar-refractivity contribution >= 4 is 22.4 Å². The molecule has 1 aliphatic heterocycles. The molecular weight excluding hydrogens is 454 g/mol. The number of aromatic nitrogens is 1. The number of likely N-dealkylation sites (tertiary alicyclic amines) is 1. The fraction of sp³-hybridized carbons (Fsp3) is 0.321. The molecule has 8 nitrogen and oxygen atoms in total. The van der Waals surface area contributed by atoms with Gasteiger partial charge in [0.15, 0.2) is 0 Å². The van der Waals surface area contributed by atoms with Crippen LogP contribution >= 0.6 is 0 Å². The summed E-state index contributed by atoms with van der Waals surface area (Å²) >= 11 is 0. The molecule has 1 aliphatic rings. The summed E-state index contributed by atoms with van der Waals surface area (Å²) in [6.45, 7) is 6.60. The molecule has 0 saturated carbocycles. The van der Waals surface area contributed by atoms with Crippen LogP contribution in [0.3, 0.4) is 0 Å². The maximum Gasteiger partial charge on any atom is 0.270 e. The lowest BCUT2D eigenvalue weighted by Gasteiger charge is -2.31. The first-order chi connectivity index (χ1) is 17.5. The van der Waals surface area contributed by atoms with Gasteiger partial charge in [0.1, 0.15) is 11.4 Å². The standard InChI is InChI=1S/C28H31N5O3/c1-19(17-29)18-30-27-23-16-21(7-6-20(23)8-9-26(27)36-2)24-4-3-5-25(32-24)28(35)31-22-10-12-33(13-11-22)14-15-34/h3-9,16,22,30,34H,1,10-15,18H2,2H3,(H,31,35). The van der Waals surface area contributed by atoms with Crippen LogP contribution in [0.2, 0.25) is 0 Å². The van der Waals surface area contributed by atoms with Crippen LogP contribution in [-0.4, -0.2) is 66.8 Å². The fourth-order valence-electron chi connectivity index (χ4n) is 4.47. The van der Waals surface area contributed by atoms with Crippen LogP contribution in [0.25, 0.3) is 22.0 Å². The molecule has 2 heterocycles. The molecule has 1 fully saturated rings. The number of benzene rings is 2. The Morgan fingerprint density at radius 3 is 2.75 bits per heavy atom. The second-order valence-corrected chi connectivity index (χ2v) is 8.87. The molecule has 2 aromatic carbocycles. The Morgan fingerprint density at radius 1 is 1.25 bits per heavy atom. The lowest BCUT2D eigenvalue weighted by molar-refractivity contribution is 0.0898. The number of nitrogens with zero attached hydrogens (tertiary/aromatic N) is 3. The summed E-state index contributed by atoms with van der Waals surface area (Å²) in [4.78, 5) is 19.8. The number of aliphatic hydroxyl groups is 1. The number of rotatable bonds is 9. The van der Waals surface area contributed by atoms with E-state index in [0.29, 0.717) is 35.8 Å². The third-order valence-corrected chi connectivity index (χ3v) is 6.46. The highest BCUT2D eigenvalue weighted by molar-refractivity contribution is 5.99. The summed E-state index contributed by atoms with van der Waals surface area (Å²) in [5, 5.41) is 26.5. The Kier molecular flexibility index (Phi) is 8.16. The number of aliphatic hydroxyl groups excluding tert-OH is 1. The third kappa shape index (κ3) is 5.82. The maximum atomic E-state index is 12.9. The molecule has 0 radical (unpaired) electrons. The quantitative estimate of drug-likeness (QED) is 0.397. The van der Waals surface area contributed by atoms with E-state index in [1.165, 1.54) is 0 Å². The van der Waals surface area contributed by atoms with Gasteiger partial charge in [-0.2, -0.15) is 5.26 Å². The van der Waals surface area contributed by atoms with Crippen LogP contribution in [-0.2, 0) is 0 Å². The number of carbonyl (C=O) groups excluding carboxylic acids is 1. The molecule has 4 rings (SSSR count). The smallest absolute Gasteiger partial charge is 0.270 e. The van der Waals surface area contributed by atoms with Crippen LogP contribution in [0.1, 0.15) is 23.3 Å². The number of hydrogen-bond donors (Lipinski definition) is 3. The number of hydrogen-bond acceptors (Lipinski definition) is 7. The Labute approximate surface area is 211 Å². The van der Waals surface area contributed by atoms with Crippen molar-refractivity contribution in [1.29, 1.82) is 5.26 Å². The number of carbonyl (C=O) groups is 1. The lowest BCUT2D eigenvalue weighted by Crippen LogP contribution is -2.45. The minimum absolute atomic E-state index is 0.0998. The summed E-state index contributed by atoms with van der Waals surface area (Å²) in [7, 11) is 1.61. The van der Waals surface area contributed by atoms with E-state index in [0.717, 1.165) is 48.0 Å². The van der Waals surface area contributed by atoms with E-state index in [9.17, 15) is 4.79 Å². The SMILES string of the molecule is C=C(C#N)CNc1c(OC)ccc2ccc(-c3cccc(C(=O)NC4CCN(CCO)CC4)n3)cc12. The van der Waals surface area contributed by atoms with E-state index in [4.69, 9.17) is 15.1 Å². The van der Waals surface area contributed by atoms with Gasteiger partial charge in [0.05, 0.1) is 31.2 Å². The van der Waals surface area contributed by atoms with Crippen LogP contribution < -0.4 is 15.4 Å². The molecule has 1 amide bonds. The Morgan fingerprint density at radius 2 is 2.03 bits per heavy atom. The number of anilines is 1. The topological polar surface area (TPSA) is 111 Å². The van der Waals surface area contributed by atoms with Gasteiger partial charge in [-0.1, -0.05) is 30.8 Å². The lowest BCUT2D eigenvalue weighted by atomic mass is 10.0. The molecule has 1 saturated heterocycles. The predicted octanol–water partition coefficient (Wildman–Crippen LogP) is 3.59. The van der Waals surface area contributed by atoms with Crippen molar-refractivity contribution in [2.45, 2.75) is 18.9 Å². The molecule has 186 valence electrons. The average Bonchev–Trinajstić information content (AvgIpc) is 2.92. The molecule has 36 heavy (non-hydrogen) atoms. The van der Waals surface area contributed by atoms with Gasteiger partial charge in [-0.25, -0.2) is 4.98 Å². The Bertz CT molecular complexity index is 1290. The number of methoxy groups -OCH3 is 1. The zero-order valence-electron chi connectivity index (χ0n) is 20.5. The molecule has 3 N–H and O–H groups in total. The van der Waals surface area contributed by atoms with Crippen molar-refractivity contribution in [2.75, 3.05) is 45.2 Å². The highest BCUT2D eigenvalue weighted by Crippen LogP contribution is 2.35. The van der Waals surface area contributed by atoms with Crippen molar-refractivity contribution in [2.24, 2.45) is 0 Å². The summed E-state index contributed by atoms with van der Waals surface area (Å²) in [6, 6.07) is 17.5. The number of amides is 1. The number of fused-ring (bicyclic) bond motifs is 1. The molecule has 8 heteroatoms. The molecule has 3 aromatic rings. The summed E-state index contributed by atoms with van der Waals surface area (Å²) in [5.74, 6) is 0.480. The van der Waals surface area contributed by atoms with Crippen molar-refractivity contribution in [3.63, 3.8) is 0 Å². The van der Waals surface area contributed by atoms with E-state index < -0.39 is 0 Å². The van der Waals surface area contributed by atoms with Gasteiger partial charge >= 0.3 is 0 Å². The van der Waals surface area contributed by atoms with Gasteiger partial charge < -0.3 is 25.4 Å². The van der Waals surface area contributed by atoms with Crippen LogP contribution in [0.4, 0.5) is 5.69 Å². The van der Waals surface area contributed by atoms with E-state index in [1.54, 1.807) is 13.2 Å². The highest BCUT2D eigenvalue weighted by Gasteiger charge is 2.21. The van der Waals surface area contributed by atoms with Gasteiger partial charge in [-0.15, -0.1) is 0 Å². The first kappa shape index (κ1) is 25.2. The van der Waals surface area contributed by atoms with E-state index in [2.05, 4.69) is 33.2 Å². The number of β-amino-alcohol motifs (C(OH)–C–C–N with tert-alkyl or cyclic N) is 1. The molecule has 0 aliphatic carbocycles. The highest BCUT2D eigenvalue weighted by atomic mass is 16.5. The Hall–Kier alpha value is -3.93. The van der Waals surface area contributed by atoms with Crippen molar-refractivity contribution in [3.05, 3.63) is 66.4 Å². The zero-order valence-corrected chi connectivity index (χ0v) is 20.5. The number of nitriles is 1. The Balaban J connectivity index is 1.56. The van der Waals surface area contributed by atoms with Crippen LogP contribution in [0.5, 0.6) is 5.75 Å². The molecule has 0 bridgehead atoms. The number of ether oxygens (including phenoxy) is 1. The van der Waals surface area contributed by atoms with Crippen molar-refractivity contribution < 1.29 is 14.6 Å². The molecule has 0 unspecified atom stereocenters. The molecule has 1 aromatic heterocycles. The number of pyridine rings is 1. The second kappa shape index (κ2) is 11.7. The predicted molar refractivity (Wildman–Crippen MR) is 141 cm³/mol. The maximum absolute atomic E-state index is 12.9. The fourth-order valence-corrected chi connectivity index (χ4v) is 4.47. The summed E-state index contributed by atoms with van der Waals surface area (Å²) < 4.78 is 5.55. The largest absolute Gasteiger partial charge is 0.495 e. The van der Waals surface area contributed by atoms with Gasteiger partial charge in [-0.05, 0) is 42.5 Å². The minimum Gasteiger partial charge on any atom is -0.495 e. The first-order valence-electron chi connectivity index (χ1n) is 12.1. The normalized spacial score (nSPS) is 14.2. The minimum atomic E-state index is -0.183. The third-order valence-electron chi connectivity index (χ3n) is 6.46. The second-order valence-electron chi connectivity index (χ2n) is 8.87.